The highest BCUT2D eigenvalue weighted by Gasteiger charge is 2.13. The average Bonchev–Trinajstić information content (AvgIpc) is 2.46. The molecule has 21 heavy (non-hydrogen) atoms. The summed E-state index contributed by atoms with van der Waals surface area (Å²) in [5.41, 5.74) is -0.0284. The summed E-state index contributed by atoms with van der Waals surface area (Å²) in [6.45, 7) is 3.18. The van der Waals surface area contributed by atoms with Crippen LogP contribution < -0.4 is 11.1 Å². The smallest absolute Gasteiger partial charge is 0.267 e. The highest BCUT2D eigenvalue weighted by atomic mass is 32.1. The largest absolute Gasteiger partial charge is 0.295 e. The van der Waals surface area contributed by atoms with Crippen molar-refractivity contribution in [2.75, 3.05) is 0 Å². The van der Waals surface area contributed by atoms with Crippen LogP contribution in [0.4, 0.5) is 0 Å². The first-order valence-corrected chi connectivity index (χ1v) is 6.59. The van der Waals surface area contributed by atoms with Gasteiger partial charge in [-0.1, -0.05) is 12.1 Å². The fourth-order valence-corrected chi connectivity index (χ4v) is 2.33. The van der Waals surface area contributed by atoms with Gasteiger partial charge in [0, 0.05) is 0 Å². The molecule has 1 N–H and O–H groups in total. The summed E-state index contributed by atoms with van der Waals surface area (Å²) >= 11 is 5.08. The lowest BCUT2D eigenvalue weighted by atomic mass is 10.2. The van der Waals surface area contributed by atoms with Gasteiger partial charge in [0.25, 0.3) is 11.1 Å². The summed E-state index contributed by atoms with van der Waals surface area (Å²) in [4.78, 5) is 29.3. The maximum Gasteiger partial charge on any atom is 0.295 e. The summed E-state index contributed by atoms with van der Waals surface area (Å²) in [5.74, 6) is 0.367. The zero-order valence-corrected chi connectivity index (χ0v) is 12.1. The maximum atomic E-state index is 12.6. The van der Waals surface area contributed by atoms with Crippen LogP contribution >= 0.6 is 12.2 Å². The molecule has 1 aromatic carbocycles. The molecule has 0 saturated heterocycles. The third kappa shape index (κ3) is 2.00. The minimum atomic E-state index is -0.457. The Morgan fingerprint density at radius 2 is 1.81 bits per heavy atom. The Kier molecular flexibility index (Phi) is 3.02. The molecule has 0 aliphatic heterocycles. The van der Waals surface area contributed by atoms with Crippen molar-refractivity contribution in [1.82, 2.24) is 24.5 Å². The maximum absolute atomic E-state index is 12.6. The van der Waals surface area contributed by atoms with Crippen LogP contribution in [0.15, 0.2) is 33.9 Å². The quantitative estimate of drug-likeness (QED) is 0.676. The van der Waals surface area contributed by atoms with Crippen LogP contribution in [0.25, 0.3) is 10.9 Å². The molecule has 0 aliphatic rings. The van der Waals surface area contributed by atoms with Crippen molar-refractivity contribution in [2.24, 2.45) is 0 Å². The van der Waals surface area contributed by atoms with E-state index in [1.807, 2.05) is 0 Å². The lowest BCUT2D eigenvalue weighted by Gasteiger charge is -2.12. The third-order valence-electron chi connectivity index (χ3n) is 3.13. The predicted octanol–water partition coefficient (Wildman–Crippen LogP) is 0.939. The summed E-state index contributed by atoms with van der Waals surface area (Å²) in [7, 11) is 0. The Morgan fingerprint density at radius 1 is 1.10 bits per heavy atom. The highest BCUT2D eigenvalue weighted by Crippen LogP contribution is 2.07. The first-order chi connectivity index (χ1) is 10.0. The molecule has 2 heterocycles. The number of nitrogens with one attached hydrogen (secondary N) is 1. The summed E-state index contributed by atoms with van der Waals surface area (Å²) < 4.78 is 2.28. The monoisotopic (exact) mass is 301 g/mol. The van der Waals surface area contributed by atoms with E-state index in [1.165, 1.54) is 0 Å². The molecule has 3 rings (SSSR count). The second-order valence-electron chi connectivity index (χ2n) is 4.52. The fraction of sp³-hybridized carbons (Fsp3) is 0.154. The molecule has 2 aromatic heterocycles. The molecule has 0 amide bonds. The lowest BCUT2D eigenvalue weighted by molar-refractivity contribution is 0.540. The lowest BCUT2D eigenvalue weighted by Crippen LogP contribution is -2.39. The number of aryl methyl sites for hydroxylation is 2. The van der Waals surface area contributed by atoms with Crippen molar-refractivity contribution < 1.29 is 0 Å². The molecule has 3 aromatic rings. The van der Waals surface area contributed by atoms with Crippen molar-refractivity contribution in [1.29, 1.82) is 0 Å². The Morgan fingerprint density at radius 3 is 2.57 bits per heavy atom. The molecule has 0 bridgehead atoms. The van der Waals surface area contributed by atoms with E-state index in [9.17, 15) is 9.59 Å². The van der Waals surface area contributed by atoms with E-state index in [-0.39, 0.29) is 16.0 Å². The topological polar surface area (TPSA) is 85.6 Å². The van der Waals surface area contributed by atoms with Crippen molar-refractivity contribution in [3.8, 4) is 0 Å². The van der Waals surface area contributed by atoms with E-state index in [4.69, 9.17) is 12.2 Å². The molecule has 0 unspecified atom stereocenters. The van der Waals surface area contributed by atoms with E-state index in [0.29, 0.717) is 16.7 Å². The number of aromatic nitrogens is 5. The van der Waals surface area contributed by atoms with E-state index < -0.39 is 5.56 Å². The average molecular weight is 301 g/mol. The van der Waals surface area contributed by atoms with E-state index in [0.717, 1.165) is 9.35 Å². The predicted molar refractivity (Wildman–Crippen MR) is 80.0 cm³/mol. The van der Waals surface area contributed by atoms with Crippen molar-refractivity contribution in [2.45, 2.75) is 13.8 Å². The highest BCUT2D eigenvalue weighted by molar-refractivity contribution is 7.71. The Balaban J connectivity index is 2.53. The standard InChI is InChI=1S/C13H11N5O2S/c1-7-11(19)18(13(21)16-15-7)17-8(2)14-10-6-4-3-5-9(10)12(17)20/h3-6H,1-2H3,(H,16,21). The SMILES string of the molecule is Cc1n[nH]c(=S)n(-n2c(C)nc3ccccc3c2=O)c1=O. The first-order valence-electron chi connectivity index (χ1n) is 6.18. The fourth-order valence-electron chi connectivity index (χ4n) is 2.12. The number of aromatic amines is 1. The molecular weight excluding hydrogens is 290 g/mol. The van der Waals surface area contributed by atoms with Gasteiger partial charge in [-0.25, -0.2) is 4.98 Å². The molecule has 7 nitrogen and oxygen atoms in total. The number of H-pyrrole nitrogens is 1. The minimum Gasteiger partial charge on any atom is -0.267 e. The van der Waals surface area contributed by atoms with E-state index >= 15 is 0 Å². The Labute approximate surface area is 123 Å². The van der Waals surface area contributed by atoms with Crippen molar-refractivity contribution in [3.63, 3.8) is 0 Å². The van der Waals surface area contributed by atoms with Gasteiger partial charge in [-0.05, 0) is 38.2 Å². The van der Waals surface area contributed by atoms with Gasteiger partial charge >= 0.3 is 0 Å². The normalized spacial score (nSPS) is 11.0. The van der Waals surface area contributed by atoms with Gasteiger partial charge in [0.1, 0.15) is 11.5 Å². The molecule has 8 heteroatoms. The molecule has 0 fully saturated rings. The van der Waals surface area contributed by atoms with Gasteiger partial charge in [0.15, 0.2) is 0 Å². The van der Waals surface area contributed by atoms with Crippen LogP contribution in [-0.4, -0.2) is 24.5 Å². The minimum absolute atomic E-state index is 0.0351. The Bertz CT molecular complexity index is 1030. The third-order valence-corrected chi connectivity index (χ3v) is 3.39. The number of hydrogen-bond donors (Lipinski definition) is 1. The summed E-state index contributed by atoms with van der Waals surface area (Å²) in [5, 5.41) is 6.75. The zero-order chi connectivity index (χ0) is 15.1. The van der Waals surface area contributed by atoms with Crippen LogP contribution in [0.5, 0.6) is 0 Å². The van der Waals surface area contributed by atoms with Crippen LogP contribution in [0.1, 0.15) is 11.5 Å². The number of rotatable bonds is 1. The van der Waals surface area contributed by atoms with E-state index in [2.05, 4.69) is 15.2 Å². The molecule has 106 valence electrons. The van der Waals surface area contributed by atoms with Crippen LogP contribution in [-0.2, 0) is 0 Å². The molecule has 0 aliphatic carbocycles. The van der Waals surface area contributed by atoms with Crippen LogP contribution in [0.3, 0.4) is 0 Å². The first kappa shape index (κ1) is 13.4. The molecule has 0 spiro atoms. The zero-order valence-electron chi connectivity index (χ0n) is 11.3. The summed E-state index contributed by atoms with van der Waals surface area (Å²) in [6.07, 6.45) is 0. The van der Waals surface area contributed by atoms with Crippen molar-refractivity contribution in [3.05, 3.63) is 61.3 Å². The molecular formula is C13H11N5O2S. The number of fused-ring (bicyclic) bond motifs is 1. The van der Waals surface area contributed by atoms with Crippen LogP contribution in [0.2, 0.25) is 0 Å². The van der Waals surface area contributed by atoms with E-state index in [1.54, 1.807) is 38.1 Å². The van der Waals surface area contributed by atoms with Gasteiger partial charge in [-0.3, -0.25) is 14.7 Å². The second kappa shape index (κ2) is 4.74. The number of benzene rings is 1. The number of hydrogen-bond acceptors (Lipinski definition) is 5. The number of para-hydroxylation sites is 1. The molecule has 0 saturated carbocycles. The molecule has 0 atom stereocenters. The number of nitrogens with zero attached hydrogens (tertiary/aromatic N) is 4. The van der Waals surface area contributed by atoms with Gasteiger partial charge in [0.2, 0.25) is 4.77 Å². The van der Waals surface area contributed by atoms with Crippen LogP contribution in [0, 0.1) is 18.6 Å². The van der Waals surface area contributed by atoms with Gasteiger partial charge in [0.05, 0.1) is 10.9 Å². The van der Waals surface area contributed by atoms with Crippen molar-refractivity contribution >= 4 is 23.1 Å². The van der Waals surface area contributed by atoms with Gasteiger partial charge in [-0.15, -0.1) is 0 Å². The van der Waals surface area contributed by atoms with Gasteiger partial charge < -0.3 is 0 Å². The molecule has 0 radical (unpaired) electrons. The summed E-state index contributed by atoms with van der Waals surface area (Å²) in [6, 6.07) is 6.95. The van der Waals surface area contributed by atoms with Gasteiger partial charge in [-0.2, -0.15) is 14.5 Å². The second-order valence-corrected chi connectivity index (χ2v) is 4.91. The Hall–Kier alpha value is -2.61.